The molecule has 8 heteroatoms. The predicted molar refractivity (Wildman–Crippen MR) is 149 cm³/mol. The highest BCUT2D eigenvalue weighted by Crippen LogP contribution is 2.33. The van der Waals surface area contributed by atoms with Crippen molar-refractivity contribution in [2.24, 2.45) is 0 Å². The van der Waals surface area contributed by atoms with E-state index in [1.54, 1.807) is 16.4 Å². The number of urea groups is 1. The number of carbonyl (C=O) groups excluding carboxylic acids is 3. The number of nitrogens with one attached hydrogen (secondary N) is 1. The molecule has 0 saturated carbocycles. The van der Waals surface area contributed by atoms with E-state index in [1.165, 1.54) is 7.11 Å². The van der Waals surface area contributed by atoms with Crippen LogP contribution in [0.3, 0.4) is 0 Å². The number of methoxy groups -OCH3 is 1. The van der Waals surface area contributed by atoms with E-state index in [1.807, 2.05) is 32.0 Å². The first kappa shape index (κ1) is 29.4. The van der Waals surface area contributed by atoms with Crippen molar-refractivity contribution < 1.29 is 23.9 Å². The van der Waals surface area contributed by atoms with E-state index in [2.05, 4.69) is 33.0 Å². The third-order valence-electron chi connectivity index (χ3n) is 7.42. The van der Waals surface area contributed by atoms with Gasteiger partial charge in [0.05, 0.1) is 19.8 Å². The van der Waals surface area contributed by atoms with Crippen LogP contribution in [0.2, 0.25) is 0 Å². The quantitative estimate of drug-likeness (QED) is 0.301. The normalized spacial score (nSPS) is 15.3. The van der Waals surface area contributed by atoms with Gasteiger partial charge in [0.15, 0.2) is 5.78 Å². The molecule has 0 radical (unpaired) electrons. The fourth-order valence-electron chi connectivity index (χ4n) is 5.45. The maximum absolute atomic E-state index is 13.8. The number of para-hydroxylation sites is 1. The molecule has 8 nitrogen and oxygen atoms in total. The van der Waals surface area contributed by atoms with Crippen LogP contribution in [-0.2, 0) is 16.0 Å². The summed E-state index contributed by atoms with van der Waals surface area (Å²) in [7, 11) is 1.33. The Morgan fingerprint density at radius 2 is 1.76 bits per heavy atom. The number of rotatable bonds is 10. The monoisotopic (exact) mass is 525 g/mol. The minimum Gasteiger partial charge on any atom is -0.464 e. The third kappa shape index (κ3) is 6.12. The van der Waals surface area contributed by atoms with Gasteiger partial charge < -0.3 is 24.3 Å². The Kier molecular flexibility index (Phi) is 9.77. The van der Waals surface area contributed by atoms with Crippen molar-refractivity contribution in [2.45, 2.75) is 85.8 Å². The Balaban J connectivity index is 1.97. The molecule has 1 aromatic heterocycles. The predicted octanol–water partition coefficient (Wildman–Crippen LogP) is 6.05. The van der Waals surface area contributed by atoms with Crippen LogP contribution < -0.4 is 5.32 Å². The summed E-state index contributed by atoms with van der Waals surface area (Å²) in [5, 5.41) is 3.16. The molecule has 0 spiro atoms. The van der Waals surface area contributed by atoms with Crippen LogP contribution >= 0.6 is 0 Å². The molecule has 3 rings (SSSR count). The Labute approximate surface area is 226 Å². The number of hydrogen-bond acceptors (Lipinski definition) is 5. The molecule has 1 unspecified atom stereocenters. The molecule has 2 heterocycles. The van der Waals surface area contributed by atoms with Crippen LogP contribution in [0.1, 0.15) is 103 Å². The van der Waals surface area contributed by atoms with Gasteiger partial charge in [-0.3, -0.25) is 4.79 Å². The molecule has 0 aliphatic carbocycles. The number of esters is 1. The van der Waals surface area contributed by atoms with Crippen LogP contribution in [0.5, 0.6) is 0 Å². The summed E-state index contributed by atoms with van der Waals surface area (Å²) in [6.07, 6.45) is 1.66. The zero-order valence-electron chi connectivity index (χ0n) is 24.1. The fourth-order valence-corrected chi connectivity index (χ4v) is 5.45. The zero-order chi connectivity index (χ0) is 28.1. The van der Waals surface area contributed by atoms with Crippen LogP contribution in [0.25, 0.3) is 0 Å². The van der Waals surface area contributed by atoms with Crippen molar-refractivity contribution in [2.75, 3.05) is 32.1 Å². The van der Waals surface area contributed by atoms with Crippen LogP contribution in [0.15, 0.2) is 18.2 Å². The first-order chi connectivity index (χ1) is 18.0. The number of nitrogens with zero attached hydrogens (tertiary/aromatic N) is 2. The zero-order valence-corrected chi connectivity index (χ0v) is 24.1. The van der Waals surface area contributed by atoms with Crippen molar-refractivity contribution >= 4 is 23.5 Å². The van der Waals surface area contributed by atoms with E-state index in [0.29, 0.717) is 42.2 Å². The smallest absolute Gasteiger partial charge is 0.354 e. The number of benzene rings is 1. The fraction of sp³-hybridized carbons (Fsp3) is 0.567. The van der Waals surface area contributed by atoms with Crippen LogP contribution in [0, 0.1) is 13.8 Å². The van der Waals surface area contributed by atoms with Gasteiger partial charge in [0.25, 0.3) is 0 Å². The number of amides is 2. The first-order valence-corrected chi connectivity index (χ1v) is 13.6. The largest absolute Gasteiger partial charge is 0.464 e. The van der Waals surface area contributed by atoms with Gasteiger partial charge in [-0.05, 0) is 62.1 Å². The van der Waals surface area contributed by atoms with Gasteiger partial charge in [-0.25, -0.2) is 9.59 Å². The summed E-state index contributed by atoms with van der Waals surface area (Å²) < 4.78 is 12.6. The first-order valence-electron chi connectivity index (χ1n) is 13.6. The minimum atomic E-state index is -0.480. The van der Waals surface area contributed by atoms with Crippen molar-refractivity contribution in [3.8, 4) is 0 Å². The number of hydrogen-bond donors (Lipinski definition) is 1. The molecule has 1 aliphatic rings. The lowest BCUT2D eigenvalue weighted by atomic mass is 9.93. The lowest BCUT2D eigenvalue weighted by Crippen LogP contribution is -2.43. The molecular weight excluding hydrogens is 482 g/mol. The summed E-state index contributed by atoms with van der Waals surface area (Å²) in [4.78, 5) is 41.6. The molecule has 2 aromatic rings. The molecule has 0 bridgehead atoms. The minimum absolute atomic E-state index is 0.119. The molecule has 1 saturated heterocycles. The molecule has 1 aliphatic heterocycles. The summed E-state index contributed by atoms with van der Waals surface area (Å²) >= 11 is 0. The Morgan fingerprint density at radius 1 is 1.13 bits per heavy atom. The van der Waals surface area contributed by atoms with Crippen molar-refractivity contribution in [3.05, 3.63) is 51.8 Å². The van der Waals surface area contributed by atoms with E-state index in [9.17, 15) is 14.4 Å². The van der Waals surface area contributed by atoms with Gasteiger partial charge in [0, 0.05) is 36.6 Å². The molecule has 1 N–H and O–H groups in total. The number of ketones is 1. The van der Waals surface area contributed by atoms with Gasteiger partial charge >= 0.3 is 12.0 Å². The molecule has 38 heavy (non-hydrogen) atoms. The second-order valence-corrected chi connectivity index (χ2v) is 10.7. The highest BCUT2D eigenvalue weighted by molar-refractivity contribution is 6.05. The van der Waals surface area contributed by atoms with Crippen molar-refractivity contribution in [1.29, 1.82) is 0 Å². The molecule has 1 aromatic carbocycles. The maximum atomic E-state index is 13.8. The van der Waals surface area contributed by atoms with Crippen LogP contribution in [-0.4, -0.2) is 60.2 Å². The van der Waals surface area contributed by atoms with Gasteiger partial charge in [-0.15, -0.1) is 0 Å². The van der Waals surface area contributed by atoms with Crippen molar-refractivity contribution in [3.63, 3.8) is 0 Å². The van der Waals surface area contributed by atoms with Crippen molar-refractivity contribution in [1.82, 2.24) is 9.47 Å². The summed E-state index contributed by atoms with van der Waals surface area (Å²) in [6.45, 7) is 15.3. The Morgan fingerprint density at radius 3 is 2.26 bits per heavy atom. The Hall–Kier alpha value is -3.13. The van der Waals surface area contributed by atoms with Gasteiger partial charge in [0.2, 0.25) is 0 Å². The summed E-state index contributed by atoms with van der Waals surface area (Å²) in [6, 6.07) is 5.77. The molecule has 208 valence electrons. The molecular formula is C30H43N3O5. The SMILES string of the molecule is CCn1c(C)c(C(=O)CN(CC2CCCO2)C(=O)Nc2c(C(C)C)cccc2C(C)C)c(C)c1C(=O)OC. The lowest BCUT2D eigenvalue weighted by Gasteiger charge is -2.27. The van der Waals surface area contributed by atoms with E-state index in [0.717, 1.165) is 29.7 Å². The van der Waals surface area contributed by atoms with E-state index in [4.69, 9.17) is 9.47 Å². The number of Topliss-reactive ketones (excluding diaryl/α,β-unsaturated/α-hetero) is 1. The second-order valence-electron chi connectivity index (χ2n) is 10.7. The Bertz CT molecular complexity index is 1150. The van der Waals surface area contributed by atoms with Gasteiger partial charge in [-0.2, -0.15) is 0 Å². The number of carbonyl (C=O) groups is 3. The lowest BCUT2D eigenvalue weighted by molar-refractivity contribution is 0.0587. The maximum Gasteiger partial charge on any atom is 0.354 e. The molecule has 1 fully saturated rings. The van der Waals surface area contributed by atoms with E-state index in [-0.39, 0.29) is 36.3 Å². The second kappa shape index (κ2) is 12.6. The highest BCUT2D eigenvalue weighted by atomic mass is 16.5. The highest BCUT2D eigenvalue weighted by Gasteiger charge is 2.30. The number of aromatic nitrogens is 1. The topological polar surface area (TPSA) is 89.9 Å². The average molecular weight is 526 g/mol. The van der Waals surface area contributed by atoms with Gasteiger partial charge in [-0.1, -0.05) is 45.9 Å². The average Bonchev–Trinajstić information content (AvgIpc) is 3.47. The standard InChI is InChI=1S/C30H43N3O5/c1-9-33-21(7)26(20(6)28(33)29(35)37-8)25(34)17-32(16-22-12-11-15-38-22)30(36)31-27-23(18(2)3)13-10-14-24(27)19(4)5/h10,13-14,18-19,22H,9,11-12,15-17H2,1-8H3,(H,31,36). The van der Waals surface area contributed by atoms with E-state index < -0.39 is 5.97 Å². The van der Waals surface area contributed by atoms with E-state index >= 15 is 0 Å². The number of anilines is 1. The third-order valence-corrected chi connectivity index (χ3v) is 7.42. The molecule has 2 amide bonds. The summed E-state index contributed by atoms with van der Waals surface area (Å²) in [5.41, 5.74) is 5.03. The van der Waals surface area contributed by atoms with Crippen LogP contribution in [0.4, 0.5) is 10.5 Å². The molecule has 1 atom stereocenters. The summed E-state index contributed by atoms with van der Waals surface area (Å²) in [5.74, 6) is -0.264. The van der Waals surface area contributed by atoms with Gasteiger partial charge in [0.1, 0.15) is 5.69 Å². The number of ether oxygens (including phenoxy) is 2.